The first-order valence-corrected chi connectivity index (χ1v) is 5.34. The summed E-state index contributed by atoms with van der Waals surface area (Å²) in [6.07, 6.45) is 3.87. The minimum Gasteiger partial charge on any atom is -0.480 e. The van der Waals surface area contributed by atoms with Gasteiger partial charge in [0.05, 0.1) is 0 Å². The minimum atomic E-state index is -1.01. The Morgan fingerprint density at radius 2 is 2.18 bits per heavy atom. The summed E-state index contributed by atoms with van der Waals surface area (Å²) in [5.41, 5.74) is 2.97. The van der Waals surface area contributed by atoms with Crippen molar-refractivity contribution in [3.8, 4) is 0 Å². The van der Waals surface area contributed by atoms with Crippen LogP contribution < -0.4 is 15.6 Å². The van der Waals surface area contributed by atoms with Gasteiger partial charge in [-0.1, -0.05) is 6.07 Å². The zero-order valence-electron chi connectivity index (χ0n) is 9.30. The molecule has 6 heteroatoms. The molecule has 1 amide bonds. The Bertz CT molecular complexity index is 449. The molecule has 0 saturated carbocycles. The summed E-state index contributed by atoms with van der Waals surface area (Å²) in [4.78, 5) is 22.6. The topological polar surface area (TPSA) is 97.9 Å². The van der Waals surface area contributed by atoms with Crippen LogP contribution in [0.4, 0.5) is 0 Å². The molecule has 1 aliphatic rings. The molecular formula is C11H15N3O3+2. The number of carboxylic acids is 1. The number of carbonyl (C=O) groups excluding carboxylic acids is 1. The van der Waals surface area contributed by atoms with Gasteiger partial charge >= 0.3 is 5.97 Å². The Kier molecular flexibility index (Phi) is 2.81. The van der Waals surface area contributed by atoms with Gasteiger partial charge in [0.25, 0.3) is 5.91 Å². The zero-order valence-corrected chi connectivity index (χ0v) is 9.30. The van der Waals surface area contributed by atoms with Crippen molar-refractivity contribution in [3.05, 3.63) is 30.6 Å². The number of quaternary nitrogens is 1. The fourth-order valence-electron chi connectivity index (χ4n) is 2.02. The van der Waals surface area contributed by atoms with E-state index in [1.165, 1.54) is 0 Å². The van der Waals surface area contributed by atoms with Crippen molar-refractivity contribution in [1.29, 1.82) is 0 Å². The van der Waals surface area contributed by atoms with E-state index in [9.17, 15) is 9.59 Å². The van der Waals surface area contributed by atoms with Crippen molar-refractivity contribution in [1.82, 2.24) is 5.32 Å². The van der Waals surface area contributed by atoms with Gasteiger partial charge in [-0.25, -0.2) is 4.79 Å². The third kappa shape index (κ3) is 2.26. The summed E-state index contributed by atoms with van der Waals surface area (Å²) in [6, 6.07) is 4.75. The van der Waals surface area contributed by atoms with Crippen LogP contribution in [0.5, 0.6) is 0 Å². The van der Waals surface area contributed by atoms with Crippen LogP contribution in [0.15, 0.2) is 30.6 Å². The maximum Gasteiger partial charge on any atom is 0.326 e. The summed E-state index contributed by atoms with van der Waals surface area (Å²) in [5.74, 6) is -1.32. The zero-order chi connectivity index (χ0) is 12.5. The molecule has 1 aromatic rings. The van der Waals surface area contributed by atoms with Crippen molar-refractivity contribution in [2.75, 3.05) is 0 Å². The normalized spacial score (nSPS) is 27.8. The number of nitrogens with zero attached hydrogens (tertiary/aromatic N) is 1. The maximum absolute atomic E-state index is 11.8. The van der Waals surface area contributed by atoms with Gasteiger partial charge in [-0.3, -0.25) is 4.79 Å². The van der Waals surface area contributed by atoms with Crippen LogP contribution in [-0.4, -0.2) is 28.6 Å². The first-order chi connectivity index (χ1) is 8.01. The van der Waals surface area contributed by atoms with Gasteiger partial charge in [-0.2, -0.15) is 4.57 Å². The van der Waals surface area contributed by atoms with Gasteiger partial charge in [-0.05, 0) is 0 Å². The third-order valence-electron chi connectivity index (χ3n) is 2.94. The van der Waals surface area contributed by atoms with Gasteiger partial charge in [-0.15, -0.1) is 0 Å². The van der Waals surface area contributed by atoms with E-state index in [0.717, 1.165) is 0 Å². The summed E-state index contributed by atoms with van der Waals surface area (Å²) < 4.78 is 1.83. The van der Waals surface area contributed by atoms with Gasteiger partial charge in [0.2, 0.25) is 12.1 Å². The standard InChI is InChI=1S/C11H13N3O3/c12-11(7-14-4-2-1-3-5-14)6-8(9(15)16)13-10(11)17/h1-5,8H,6-7,12H2,(H-,13,15,16,17)/p+2/t8-,11-/m0/s1. The van der Waals surface area contributed by atoms with E-state index in [1.807, 2.05) is 35.2 Å². The van der Waals surface area contributed by atoms with Crippen LogP contribution >= 0.6 is 0 Å². The number of aromatic nitrogens is 1. The molecule has 2 heterocycles. The molecule has 90 valence electrons. The lowest BCUT2D eigenvalue weighted by atomic mass is 9.96. The molecular weight excluding hydrogens is 222 g/mol. The molecule has 17 heavy (non-hydrogen) atoms. The SMILES string of the molecule is [NH3+][C@]1(C[n+]2ccccc2)C[C@@H](C(=O)O)NC1=O. The van der Waals surface area contributed by atoms with Crippen LogP contribution in [0.2, 0.25) is 0 Å². The van der Waals surface area contributed by atoms with Crippen LogP contribution in [0, 0.1) is 0 Å². The lowest BCUT2D eigenvalue weighted by molar-refractivity contribution is -0.730. The summed E-state index contributed by atoms with van der Waals surface area (Å²) in [6.45, 7) is 0.378. The molecule has 1 aliphatic heterocycles. The fourth-order valence-corrected chi connectivity index (χ4v) is 2.02. The van der Waals surface area contributed by atoms with E-state index in [-0.39, 0.29) is 12.3 Å². The van der Waals surface area contributed by atoms with Gasteiger partial charge < -0.3 is 16.2 Å². The van der Waals surface area contributed by atoms with Gasteiger partial charge in [0.15, 0.2) is 12.4 Å². The monoisotopic (exact) mass is 237 g/mol. The molecule has 0 unspecified atom stereocenters. The maximum atomic E-state index is 11.8. The molecule has 2 rings (SSSR count). The average Bonchev–Trinajstić information content (AvgIpc) is 2.57. The number of hydrogen-bond donors (Lipinski definition) is 3. The lowest BCUT2D eigenvalue weighted by Gasteiger charge is -2.12. The largest absolute Gasteiger partial charge is 0.480 e. The van der Waals surface area contributed by atoms with Crippen LogP contribution in [-0.2, 0) is 16.1 Å². The Morgan fingerprint density at radius 3 is 2.71 bits per heavy atom. The van der Waals surface area contributed by atoms with E-state index in [1.54, 1.807) is 0 Å². The second-order valence-corrected chi connectivity index (χ2v) is 4.40. The number of nitrogens with one attached hydrogen (secondary N) is 1. The van der Waals surface area contributed by atoms with Gasteiger partial charge in [0, 0.05) is 18.6 Å². The van der Waals surface area contributed by atoms with Crippen LogP contribution in [0.3, 0.4) is 0 Å². The van der Waals surface area contributed by atoms with E-state index >= 15 is 0 Å². The van der Waals surface area contributed by atoms with Crippen LogP contribution in [0.25, 0.3) is 0 Å². The number of rotatable bonds is 3. The predicted molar refractivity (Wildman–Crippen MR) is 56.4 cm³/mol. The first kappa shape index (κ1) is 11.5. The number of carbonyl (C=O) groups is 2. The Hall–Kier alpha value is -1.95. The van der Waals surface area contributed by atoms with Crippen molar-refractivity contribution >= 4 is 11.9 Å². The molecule has 0 radical (unpaired) electrons. The molecule has 0 aromatic carbocycles. The molecule has 0 spiro atoms. The summed E-state index contributed by atoms with van der Waals surface area (Å²) >= 11 is 0. The Morgan fingerprint density at radius 1 is 1.53 bits per heavy atom. The van der Waals surface area contributed by atoms with E-state index < -0.39 is 17.6 Å². The minimum absolute atomic E-state index is 0.211. The fraction of sp³-hybridized carbons (Fsp3) is 0.364. The van der Waals surface area contributed by atoms with Gasteiger partial charge in [0.1, 0.15) is 6.04 Å². The van der Waals surface area contributed by atoms with E-state index in [0.29, 0.717) is 6.54 Å². The Balaban J connectivity index is 2.15. The second-order valence-electron chi connectivity index (χ2n) is 4.40. The highest BCUT2D eigenvalue weighted by atomic mass is 16.4. The van der Waals surface area contributed by atoms with E-state index in [2.05, 4.69) is 11.1 Å². The molecule has 1 aromatic heterocycles. The number of amides is 1. The van der Waals surface area contributed by atoms with Crippen molar-refractivity contribution in [3.63, 3.8) is 0 Å². The molecule has 1 fully saturated rings. The van der Waals surface area contributed by atoms with Crippen molar-refractivity contribution in [2.24, 2.45) is 0 Å². The van der Waals surface area contributed by atoms with E-state index in [4.69, 9.17) is 5.11 Å². The predicted octanol–water partition coefficient (Wildman–Crippen LogP) is -2.07. The molecule has 2 atom stereocenters. The number of carboxylic acid groups (broad SMARTS) is 1. The molecule has 0 aliphatic carbocycles. The quantitative estimate of drug-likeness (QED) is 0.527. The summed E-state index contributed by atoms with van der Waals surface area (Å²) in [5, 5.41) is 11.3. The average molecular weight is 237 g/mol. The molecule has 1 saturated heterocycles. The highest BCUT2D eigenvalue weighted by molar-refractivity contribution is 5.92. The Labute approximate surface area is 98.1 Å². The number of pyridine rings is 1. The highest BCUT2D eigenvalue weighted by Crippen LogP contribution is 2.16. The van der Waals surface area contributed by atoms with Crippen LogP contribution in [0.1, 0.15) is 6.42 Å². The number of hydrogen-bond acceptors (Lipinski definition) is 2. The molecule has 0 bridgehead atoms. The highest BCUT2D eigenvalue weighted by Gasteiger charge is 2.52. The van der Waals surface area contributed by atoms with Crippen molar-refractivity contribution < 1.29 is 25.0 Å². The second kappa shape index (κ2) is 4.14. The van der Waals surface area contributed by atoms with Crippen molar-refractivity contribution in [2.45, 2.75) is 24.5 Å². The lowest BCUT2D eigenvalue weighted by Crippen LogP contribution is -2.80. The smallest absolute Gasteiger partial charge is 0.326 e. The molecule has 5 N–H and O–H groups in total. The third-order valence-corrected chi connectivity index (χ3v) is 2.94. The summed E-state index contributed by atoms with van der Waals surface area (Å²) in [7, 11) is 0. The first-order valence-electron chi connectivity index (χ1n) is 5.34. The molecule has 6 nitrogen and oxygen atoms in total. The number of aliphatic carboxylic acids is 1.